The monoisotopic (exact) mass is 220 g/mol. The molecule has 0 saturated carbocycles. The summed E-state index contributed by atoms with van der Waals surface area (Å²) in [6.45, 7) is 6.52. The van der Waals surface area contributed by atoms with E-state index >= 15 is 0 Å². The molecule has 0 bridgehead atoms. The van der Waals surface area contributed by atoms with Crippen molar-refractivity contribution in [2.75, 3.05) is 20.8 Å². The average Bonchev–Trinajstić information content (AvgIpc) is 2.27. The summed E-state index contributed by atoms with van der Waals surface area (Å²) in [5.41, 5.74) is 0. The van der Waals surface area contributed by atoms with Crippen molar-refractivity contribution in [3.05, 3.63) is 0 Å². The quantitative estimate of drug-likeness (QED) is 0.558. The first kappa shape index (κ1) is 14.8. The summed E-state index contributed by atoms with van der Waals surface area (Å²) < 4.78 is 21.3. The summed E-state index contributed by atoms with van der Waals surface area (Å²) in [5, 5.41) is 0. The van der Waals surface area contributed by atoms with Gasteiger partial charge in [0.1, 0.15) is 0 Å². The maximum Gasteiger partial charge on any atom is 0.157 e. The smallest absolute Gasteiger partial charge is 0.157 e. The van der Waals surface area contributed by atoms with Crippen molar-refractivity contribution in [1.29, 1.82) is 0 Å². The molecular weight excluding hydrogens is 196 g/mol. The van der Waals surface area contributed by atoms with Crippen LogP contribution in [0, 0.1) is 0 Å². The van der Waals surface area contributed by atoms with Crippen molar-refractivity contribution in [1.82, 2.24) is 0 Å². The van der Waals surface area contributed by atoms with Crippen LogP contribution >= 0.6 is 0 Å². The van der Waals surface area contributed by atoms with Crippen LogP contribution in [0.25, 0.3) is 0 Å². The predicted molar refractivity (Wildman–Crippen MR) is 58.7 cm³/mol. The molecule has 0 aliphatic carbocycles. The maximum absolute atomic E-state index is 5.59. The van der Waals surface area contributed by atoms with Crippen LogP contribution in [-0.4, -0.2) is 39.5 Å². The molecule has 0 aromatic heterocycles. The molecule has 0 aromatic carbocycles. The van der Waals surface area contributed by atoms with Gasteiger partial charge in [-0.25, -0.2) is 0 Å². The van der Waals surface area contributed by atoms with E-state index in [1.165, 1.54) is 0 Å². The van der Waals surface area contributed by atoms with E-state index in [-0.39, 0.29) is 18.7 Å². The van der Waals surface area contributed by atoms with Crippen LogP contribution < -0.4 is 0 Å². The van der Waals surface area contributed by atoms with E-state index in [1.54, 1.807) is 14.2 Å². The largest absolute Gasteiger partial charge is 0.356 e. The van der Waals surface area contributed by atoms with E-state index in [0.29, 0.717) is 6.61 Å². The molecule has 4 heteroatoms. The van der Waals surface area contributed by atoms with E-state index in [2.05, 4.69) is 0 Å². The second-order valence-corrected chi connectivity index (χ2v) is 3.43. The Morgan fingerprint density at radius 1 is 0.933 bits per heavy atom. The molecule has 4 nitrogen and oxygen atoms in total. The lowest BCUT2D eigenvalue weighted by Gasteiger charge is -2.22. The molecule has 0 heterocycles. The SMILES string of the molecule is CCC(OC)OCC(C)OC(CC)OC. The zero-order valence-corrected chi connectivity index (χ0v) is 10.5. The highest BCUT2D eigenvalue weighted by Crippen LogP contribution is 2.06. The first-order valence-electron chi connectivity index (χ1n) is 5.50. The molecule has 3 unspecified atom stereocenters. The molecule has 0 N–H and O–H groups in total. The van der Waals surface area contributed by atoms with Gasteiger partial charge in [-0.1, -0.05) is 13.8 Å². The van der Waals surface area contributed by atoms with Crippen molar-refractivity contribution in [2.24, 2.45) is 0 Å². The highest BCUT2D eigenvalue weighted by atomic mass is 16.7. The summed E-state index contributed by atoms with van der Waals surface area (Å²) in [4.78, 5) is 0. The standard InChI is InChI=1S/C11H24O4/c1-6-10(12-4)14-8-9(3)15-11(7-2)13-5/h9-11H,6-8H2,1-5H3. The second-order valence-electron chi connectivity index (χ2n) is 3.43. The fraction of sp³-hybridized carbons (Fsp3) is 1.00. The van der Waals surface area contributed by atoms with Gasteiger partial charge in [0.05, 0.1) is 12.7 Å². The summed E-state index contributed by atoms with van der Waals surface area (Å²) in [5.74, 6) is 0. The molecule has 0 saturated heterocycles. The Kier molecular flexibility index (Phi) is 9.00. The fourth-order valence-corrected chi connectivity index (χ4v) is 1.21. The lowest BCUT2D eigenvalue weighted by Crippen LogP contribution is -2.27. The molecule has 0 rings (SSSR count). The van der Waals surface area contributed by atoms with Crippen LogP contribution in [0.3, 0.4) is 0 Å². The van der Waals surface area contributed by atoms with E-state index in [0.717, 1.165) is 12.8 Å². The van der Waals surface area contributed by atoms with Crippen LogP contribution in [0.2, 0.25) is 0 Å². The fourth-order valence-electron chi connectivity index (χ4n) is 1.21. The third-order valence-electron chi connectivity index (χ3n) is 2.09. The maximum atomic E-state index is 5.59. The van der Waals surface area contributed by atoms with Crippen LogP contribution in [0.15, 0.2) is 0 Å². The summed E-state index contributed by atoms with van der Waals surface area (Å²) in [7, 11) is 3.29. The Hall–Kier alpha value is -0.160. The number of rotatable bonds is 9. The first-order chi connectivity index (χ1) is 7.17. The van der Waals surface area contributed by atoms with Crippen molar-refractivity contribution in [2.45, 2.75) is 52.3 Å². The molecule has 0 radical (unpaired) electrons. The van der Waals surface area contributed by atoms with Crippen molar-refractivity contribution >= 4 is 0 Å². The van der Waals surface area contributed by atoms with Gasteiger partial charge in [0.15, 0.2) is 12.6 Å². The van der Waals surface area contributed by atoms with Gasteiger partial charge >= 0.3 is 0 Å². The second kappa shape index (κ2) is 9.09. The zero-order valence-electron chi connectivity index (χ0n) is 10.5. The number of ether oxygens (including phenoxy) is 4. The summed E-state index contributed by atoms with van der Waals surface area (Å²) in [6.07, 6.45) is 1.40. The third-order valence-corrected chi connectivity index (χ3v) is 2.09. The van der Waals surface area contributed by atoms with Crippen LogP contribution in [0.1, 0.15) is 33.6 Å². The Balaban J connectivity index is 3.67. The van der Waals surface area contributed by atoms with Gasteiger partial charge in [0.25, 0.3) is 0 Å². The molecular formula is C11H24O4. The lowest BCUT2D eigenvalue weighted by atomic mass is 10.4. The van der Waals surface area contributed by atoms with Gasteiger partial charge in [0.2, 0.25) is 0 Å². The van der Waals surface area contributed by atoms with Crippen LogP contribution in [0.4, 0.5) is 0 Å². The molecule has 3 atom stereocenters. The van der Waals surface area contributed by atoms with Gasteiger partial charge in [-0.2, -0.15) is 0 Å². The minimum absolute atomic E-state index is 0.0131. The Morgan fingerprint density at radius 2 is 1.47 bits per heavy atom. The van der Waals surface area contributed by atoms with Crippen molar-refractivity contribution in [3.8, 4) is 0 Å². The minimum Gasteiger partial charge on any atom is -0.356 e. The van der Waals surface area contributed by atoms with E-state index < -0.39 is 0 Å². The van der Waals surface area contributed by atoms with Gasteiger partial charge in [-0.05, 0) is 19.8 Å². The number of hydrogen-bond donors (Lipinski definition) is 0. The Morgan fingerprint density at radius 3 is 1.87 bits per heavy atom. The first-order valence-corrected chi connectivity index (χ1v) is 5.50. The number of methoxy groups -OCH3 is 2. The van der Waals surface area contributed by atoms with Crippen molar-refractivity contribution < 1.29 is 18.9 Å². The molecule has 0 aliphatic heterocycles. The molecule has 0 spiro atoms. The normalized spacial score (nSPS) is 17.4. The van der Waals surface area contributed by atoms with Crippen molar-refractivity contribution in [3.63, 3.8) is 0 Å². The lowest BCUT2D eigenvalue weighted by molar-refractivity contribution is -0.192. The average molecular weight is 220 g/mol. The Bertz CT molecular complexity index is 133. The highest BCUT2D eigenvalue weighted by Gasteiger charge is 2.12. The summed E-state index contributed by atoms with van der Waals surface area (Å²) >= 11 is 0. The van der Waals surface area contributed by atoms with Gasteiger partial charge in [-0.3, -0.25) is 0 Å². The van der Waals surface area contributed by atoms with Crippen LogP contribution in [0.5, 0.6) is 0 Å². The van der Waals surface area contributed by atoms with E-state index in [9.17, 15) is 0 Å². The molecule has 0 aromatic rings. The van der Waals surface area contributed by atoms with Crippen LogP contribution in [-0.2, 0) is 18.9 Å². The molecule has 92 valence electrons. The van der Waals surface area contributed by atoms with Gasteiger partial charge in [-0.15, -0.1) is 0 Å². The Labute approximate surface area is 92.8 Å². The number of hydrogen-bond acceptors (Lipinski definition) is 4. The highest BCUT2D eigenvalue weighted by molar-refractivity contribution is 4.51. The predicted octanol–water partition coefficient (Wildman–Crippen LogP) is 2.17. The minimum atomic E-state index is -0.147. The van der Waals surface area contributed by atoms with Gasteiger partial charge < -0.3 is 18.9 Å². The molecule has 0 fully saturated rings. The van der Waals surface area contributed by atoms with E-state index in [4.69, 9.17) is 18.9 Å². The summed E-state index contributed by atoms with van der Waals surface area (Å²) in [6, 6.07) is 0. The van der Waals surface area contributed by atoms with Gasteiger partial charge in [0, 0.05) is 14.2 Å². The topological polar surface area (TPSA) is 36.9 Å². The third kappa shape index (κ3) is 6.84. The van der Waals surface area contributed by atoms with E-state index in [1.807, 2.05) is 20.8 Å². The molecule has 0 amide bonds. The molecule has 0 aliphatic rings. The molecule has 15 heavy (non-hydrogen) atoms. The zero-order chi connectivity index (χ0) is 11.7.